The van der Waals surface area contributed by atoms with Gasteiger partial charge in [0.15, 0.2) is 0 Å². The summed E-state index contributed by atoms with van der Waals surface area (Å²) in [6.45, 7) is -0.601. The summed E-state index contributed by atoms with van der Waals surface area (Å²) in [6, 6.07) is 11.8. The molecule has 23 heavy (non-hydrogen) atoms. The molecule has 122 valence electrons. The van der Waals surface area contributed by atoms with E-state index in [9.17, 15) is 18.3 Å². The van der Waals surface area contributed by atoms with Crippen LogP contribution in [0.15, 0.2) is 53.4 Å². The van der Waals surface area contributed by atoms with Crippen molar-refractivity contribution in [1.29, 1.82) is 0 Å². The zero-order valence-electron chi connectivity index (χ0n) is 12.2. The number of ether oxygens (including phenoxy) is 2. The molecule has 1 N–H and O–H groups in total. The number of hydrogen-bond acceptors (Lipinski definition) is 6. The molecule has 8 heteroatoms. The molecule has 7 nitrogen and oxygen atoms in total. The molecular formula is C15H14NO6S-. The normalized spacial score (nSPS) is 10.8. The van der Waals surface area contributed by atoms with Crippen LogP contribution in [0.1, 0.15) is 0 Å². The summed E-state index contributed by atoms with van der Waals surface area (Å²) < 4.78 is 36.8. The largest absolute Gasteiger partial charge is 0.546 e. The molecule has 0 amide bonds. The van der Waals surface area contributed by atoms with E-state index < -0.39 is 22.6 Å². The number of benzene rings is 2. The van der Waals surface area contributed by atoms with Crippen LogP contribution in [-0.2, 0) is 14.8 Å². The topological polar surface area (TPSA) is 105 Å². The SMILES string of the molecule is COc1ccc(NS(=O)(=O)c2ccc(OCC(=O)[O-])cc2)cc1. The van der Waals surface area contributed by atoms with E-state index in [1.165, 1.54) is 31.4 Å². The van der Waals surface area contributed by atoms with Crippen LogP contribution in [-0.4, -0.2) is 28.1 Å². The smallest absolute Gasteiger partial charge is 0.261 e. The minimum absolute atomic E-state index is 0.0223. The van der Waals surface area contributed by atoms with Crippen LogP contribution in [0.3, 0.4) is 0 Å². The molecule has 0 heterocycles. The van der Waals surface area contributed by atoms with Gasteiger partial charge in [0.25, 0.3) is 10.0 Å². The lowest BCUT2D eigenvalue weighted by Gasteiger charge is -2.10. The number of sulfonamides is 1. The number of carboxylic acid groups (broad SMARTS) is 1. The van der Waals surface area contributed by atoms with E-state index >= 15 is 0 Å². The highest BCUT2D eigenvalue weighted by molar-refractivity contribution is 7.92. The Morgan fingerprint density at radius 1 is 1.04 bits per heavy atom. The molecule has 0 radical (unpaired) electrons. The molecule has 0 saturated heterocycles. The molecule has 0 spiro atoms. The maximum atomic E-state index is 12.2. The quantitative estimate of drug-likeness (QED) is 0.795. The first-order chi connectivity index (χ1) is 10.9. The number of carbonyl (C=O) groups is 1. The van der Waals surface area contributed by atoms with Gasteiger partial charge in [0.05, 0.1) is 18.0 Å². The van der Waals surface area contributed by atoms with Crippen molar-refractivity contribution >= 4 is 21.7 Å². The van der Waals surface area contributed by atoms with Gasteiger partial charge < -0.3 is 19.4 Å². The summed E-state index contributed by atoms with van der Waals surface area (Å²) in [5, 5.41) is 10.3. The second-order valence-corrected chi connectivity index (χ2v) is 6.15. The molecule has 0 unspecified atom stereocenters. The summed E-state index contributed by atoms with van der Waals surface area (Å²) in [4.78, 5) is 10.3. The lowest BCUT2D eigenvalue weighted by molar-refractivity contribution is -0.307. The van der Waals surface area contributed by atoms with Crippen LogP contribution < -0.4 is 19.3 Å². The van der Waals surface area contributed by atoms with E-state index in [1.807, 2.05) is 0 Å². The molecule has 0 aliphatic rings. The van der Waals surface area contributed by atoms with E-state index in [-0.39, 0.29) is 10.6 Å². The van der Waals surface area contributed by atoms with Crippen LogP contribution in [0.2, 0.25) is 0 Å². The van der Waals surface area contributed by atoms with Gasteiger partial charge in [0.2, 0.25) is 0 Å². The molecule has 2 aromatic rings. The van der Waals surface area contributed by atoms with E-state index in [2.05, 4.69) is 4.72 Å². The number of rotatable bonds is 7. The monoisotopic (exact) mass is 336 g/mol. The Morgan fingerprint density at radius 2 is 1.61 bits per heavy atom. The first kappa shape index (κ1) is 16.6. The lowest BCUT2D eigenvalue weighted by atomic mass is 10.3. The summed E-state index contributed by atoms with van der Waals surface area (Å²) in [5.41, 5.74) is 0.392. The highest BCUT2D eigenvalue weighted by Crippen LogP contribution is 2.21. The van der Waals surface area contributed by atoms with Crippen molar-refractivity contribution in [3.8, 4) is 11.5 Å². The number of nitrogens with one attached hydrogen (secondary N) is 1. The second kappa shape index (κ2) is 7.01. The van der Waals surface area contributed by atoms with Crippen molar-refractivity contribution in [3.63, 3.8) is 0 Å². The van der Waals surface area contributed by atoms with Crippen LogP contribution >= 0.6 is 0 Å². The van der Waals surface area contributed by atoms with E-state index in [1.54, 1.807) is 24.3 Å². The maximum absolute atomic E-state index is 12.2. The Bertz CT molecular complexity index is 769. The van der Waals surface area contributed by atoms with Crippen LogP contribution in [0.5, 0.6) is 11.5 Å². The molecule has 0 saturated carbocycles. The Labute approximate surface area is 133 Å². The predicted octanol–water partition coefficient (Wildman–Crippen LogP) is 0.625. The number of carbonyl (C=O) groups excluding carboxylic acids is 1. The zero-order valence-corrected chi connectivity index (χ0v) is 13.0. The first-order valence-corrected chi connectivity index (χ1v) is 7.98. The molecule has 0 aliphatic heterocycles. The van der Waals surface area contributed by atoms with Gasteiger partial charge in [-0.15, -0.1) is 0 Å². The minimum Gasteiger partial charge on any atom is -0.546 e. The highest BCUT2D eigenvalue weighted by Gasteiger charge is 2.14. The van der Waals surface area contributed by atoms with Gasteiger partial charge in [-0.2, -0.15) is 0 Å². The maximum Gasteiger partial charge on any atom is 0.261 e. The molecule has 0 atom stereocenters. The van der Waals surface area contributed by atoms with Crippen molar-refractivity contribution < 1.29 is 27.8 Å². The van der Waals surface area contributed by atoms with Gasteiger partial charge in [-0.1, -0.05) is 0 Å². The van der Waals surface area contributed by atoms with E-state index in [0.717, 1.165) is 0 Å². The van der Waals surface area contributed by atoms with Gasteiger partial charge in [-0.25, -0.2) is 8.42 Å². The summed E-state index contributed by atoms with van der Waals surface area (Å²) in [7, 11) is -2.24. The fraction of sp³-hybridized carbons (Fsp3) is 0.133. The average molecular weight is 336 g/mol. The van der Waals surface area contributed by atoms with Crippen molar-refractivity contribution in [2.75, 3.05) is 18.4 Å². The van der Waals surface area contributed by atoms with Crippen LogP contribution in [0.4, 0.5) is 5.69 Å². The third-order valence-corrected chi connectivity index (χ3v) is 4.23. The molecule has 0 aromatic heterocycles. The fourth-order valence-electron chi connectivity index (χ4n) is 1.73. The Hall–Kier alpha value is -2.74. The molecule has 2 aromatic carbocycles. The first-order valence-electron chi connectivity index (χ1n) is 6.50. The number of carboxylic acids is 1. The van der Waals surface area contributed by atoms with Gasteiger partial charge in [0.1, 0.15) is 18.1 Å². The number of anilines is 1. The zero-order chi connectivity index (χ0) is 16.9. The van der Waals surface area contributed by atoms with Crippen molar-refractivity contribution in [2.45, 2.75) is 4.90 Å². The Kier molecular flexibility index (Phi) is 5.07. The van der Waals surface area contributed by atoms with E-state index in [4.69, 9.17) is 9.47 Å². The fourth-order valence-corrected chi connectivity index (χ4v) is 2.79. The predicted molar refractivity (Wildman–Crippen MR) is 80.7 cm³/mol. The van der Waals surface area contributed by atoms with Crippen LogP contribution in [0, 0.1) is 0 Å². The van der Waals surface area contributed by atoms with Gasteiger partial charge in [-0.3, -0.25) is 4.72 Å². The second-order valence-electron chi connectivity index (χ2n) is 4.47. The van der Waals surface area contributed by atoms with Gasteiger partial charge >= 0.3 is 0 Å². The minimum atomic E-state index is -3.76. The number of hydrogen-bond donors (Lipinski definition) is 1. The molecule has 0 fully saturated rings. The third kappa shape index (κ3) is 4.62. The molecular weight excluding hydrogens is 322 g/mol. The van der Waals surface area contributed by atoms with Gasteiger partial charge in [-0.05, 0) is 48.5 Å². The van der Waals surface area contributed by atoms with Crippen LogP contribution in [0.25, 0.3) is 0 Å². The van der Waals surface area contributed by atoms with Gasteiger partial charge in [0, 0.05) is 5.69 Å². The Morgan fingerprint density at radius 3 is 2.13 bits per heavy atom. The average Bonchev–Trinajstić information content (AvgIpc) is 2.53. The van der Waals surface area contributed by atoms with Crippen molar-refractivity contribution in [3.05, 3.63) is 48.5 Å². The third-order valence-electron chi connectivity index (χ3n) is 2.83. The van der Waals surface area contributed by atoms with E-state index in [0.29, 0.717) is 11.4 Å². The van der Waals surface area contributed by atoms with Crippen molar-refractivity contribution in [1.82, 2.24) is 0 Å². The molecule has 2 rings (SSSR count). The summed E-state index contributed by atoms with van der Waals surface area (Å²) in [5.74, 6) is -0.511. The summed E-state index contributed by atoms with van der Waals surface area (Å²) in [6.07, 6.45) is 0. The lowest BCUT2D eigenvalue weighted by Crippen LogP contribution is -2.28. The molecule has 0 aliphatic carbocycles. The number of aliphatic carboxylic acids is 1. The number of methoxy groups -OCH3 is 1. The molecule has 0 bridgehead atoms. The Balaban J connectivity index is 2.10. The standard InChI is InChI=1S/C15H15NO6S/c1-21-12-4-2-11(3-5-12)16-23(19,20)14-8-6-13(7-9-14)22-10-15(17)18/h2-9,16H,10H2,1H3,(H,17,18)/p-1. The highest BCUT2D eigenvalue weighted by atomic mass is 32.2. The van der Waals surface area contributed by atoms with Crippen molar-refractivity contribution in [2.24, 2.45) is 0 Å². The summed E-state index contributed by atoms with van der Waals surface area (Å²) >= 11 is 0.